The maximum absolute atomic E-state index is 12.6. The van der Waals surface area contributed by atoms with Crippen molar-refractivity contribution in [2.45, 2.75) is 58.6 Å². The van der Waals surface area contributed by atoms with Crippen molar-refractivity contribution in [2.24, 2.45) is 5.92 Å². The van der Waals surface area contributed by atoms with Crippen molar-refractivity contribution in [1.82, 2.24) is 4.72 Å². The highest BCUT2D eigenvalue weighted by Crippen LogP contribution is 2.22. The zero-order valence-corrected chi connectivity index (χ0v) is 13.7. The molecule has 2 N–H and O–H groups in total. The van der Waals surface area contributed by atoms with Crippen molar-refractivity contribution < 1.29 is 13.5 Å². The fraction of sp³-hybridized carbons (Fsp3) is 0.600. The molecule has 0 saturated heterocycles. The van der Waals surface area contributed by atoms with Gasteiger partial charge in [-0.05, 0) is 48.9 Å². The van der Waals surface area contributed by atoms with E-state index in [1.807, 2.05) is 33.8 Å². The van der Waals surface area contributed by atoms with Gasteiger partial charge in [0.1, 0.15) is 0 Å². The molecule has 0 bridgehead atoms. The zero-order valence-electron chi connectivity index (χ0n) is 12.9. The van der Waals surface area contributed by atoms with E-state index < -0.39 is 10.0 Å². The van der Waals surface area contributed by atoms with Crippen LogP contribution in [-0.2, 0) is 16.6 Å². The largest absolute Gasteiger partial charge is 0.392 e. The highest BCUT2D eigenvalue weighted by atomic mass is 32.2. The average molecular weight is 299 g/mol. The first-order valence-corrected chi connectivity index (χ1v) is 8.44. The molecule has 0 aliphatic heterocycles. The summed E-state index contributed by atoms with van der Waals surface area (Å²) in [7, 11) is -3.56. The van der Waals surface area contributed by atoms with Crippen molar-refractivity contribution in [3.8, 4) is 0 Å². The van der Waals surface area contributed by atoms with Gasteiger partial charge in [-0.3, -0.25) is 0 Å². The lowest BCUT2D eigenvalue weighted by molar-refractivity contribution is 0.281. The monoisotopic (exact) mass is 299 g/mol. The standard InChI is InChI=1S/C15H25NO3S/c1-6-14(10(2)3)16-20(18,19)15-8-13(9-17)7-11(4)12(15)5/h7-8,10,14,16-17H,6,9H2,1-5H3. The van der Waals surface area contributed by atoms with Gasteiger partial charge in [-0.25, -0.2) is 13.1 Å². The van der Waals surface area contributed by atoms with E-state index >= 15 is 0 Å². The predicted octanol–water partition coefficient (Wildman–Crippen LogP) is 2.51. The third kappa shape index (κ3) is 3.81. The number of aryl methyl sites for hydroxylation is 1. The van der Waals surface area contributed by atoms with Crippen LogP contribution in [-0.4, -0.2) is 19.6 Å². The SMILES string of the molecule is CCC(NS(=O)(=O)c1cc(CO)cc(C)c1C)C(C)C. The molecule has 1 aromatic carbocycles. The second kappa shape index (κ2) is 6.70. The molecule has 1 atom stereocenters. The van der Waals surface area contributed by atoms with Gasteiger partial charge in [0.2, 0.25) is 10.0 Å². The molecule has 1 unspecified atom stereocenters. The minimum absolute atomic E-state index is 0.0857. The Morgan fingerprint density at radius 2 is 1.85 bits per heavy atom. The Labute approximate surface area is 122 Å². The maximum Gasteiger partial charge on any atom is 0.241 e. The lowest BCUT2D eigenvalue weighted by Gasteiger charge is -2.22. The molecule has 20 heavy (non-hydrogen) atoms. The van der Waals surface area contributed by atoms with Crippen LogP contribution in [0.2, 0.25) is 0 Å². The van der Waals surface area contributed by atoms with Gasteiger partial charge < -0.3 is 5.11 Å². The van der Waals surface area contributed by atoms with E-state index in [9.17, 15) is 13.5 Å². The number of aliphatic hydroxyl groups excluding tert-OH is 1. The molecule has 0 radical (unpaired) electrons. The summed E-state index contributed by atoms with van der Waals surface area (Å²) in [5.74, 6) is 0.234. The first-order valence-electron chi connectivity index (χ1n) is 6.96. The topological polar surface area (TPSA) is 66.4 Å². The molecule has 0 heterocycles. The molecule has 0 aromatic heterocycles. The lowest BCUT2D eigenvalue weighted by atomic mass is 10.0. The van der Waals surface area contributed by atoms with E-state index in [0.717, 1.165) is 17.5 Å². The van der Waals surface area contributed by atoms with E-state index in [1.54, 1.807) is 13.0 Å². The zero-order chi connectivity index (χ0) is 15.5. The van der Waals surface area contributed by atoms with Gasteiger partial charge in [-0.2, -0.15) is 0 Å². The van der Waals surface area contributed by atoms with Crippen LogP contribution >= 0.6 is 0 Å². The Bertz CT molecular complexity index is 565. The number of benzene rings is 1. The van der Waals surface area contributed by atoms with Crippen LogP contribution in [0.4, 0.5) is 0 Å². The van der Waals surface area contributed by atoms with E-state index in [0.29, 0.717) is 5.56 Å². The van der Waals surface area contributed by atoms with Gasteiger partial charge in [0, 0.05) is 6.04 Å². The third-order valence-corrected chi connectivity index (χ3v) is 5.32. The Morgan fingerprint density at radius 1 is 1.25 bits per heavy atom. The summed E-state index contributed by atoms with van der Waals surface area (Å²) in [4.78, 5) is 0.264. The summed E-state index contributed by atoms with van der Waals surface area (Å²) >= 11 is 0. The maximum atomic E-state index is 12.6. The van der Waals surface area contributed by atoms with Crippen LogP contribution in [0.3, 0.4) is 0 Å². The van der Waals surface area contributed by atoms with Crippen molar-refractivity contribution in [2.75, 3.05) is 0 Å². The third-order valence-electron chi connectivity index (χ3n) is 3.70. The second-order valence-electron chi connectivity index (χ2n) is 5.57. The summed E-state index contributed by atoms with van der Waals surface area (Å²) < 4.78 is 27.9. The predicted molar refractivity (Wildman–Crippen MR) is 81.1 cm³/mol. The molecular weight excluding hydrogens is 274 g/mol. The number of hydrogen-bond donors (Lipinski definition) is 2. The van der Waals surface area contributed by atoms with Gasteiger partial charge in [0.25, 0.3) is 0 Å². The molecule has 1 rings (SSSR count). The number of nitrogens with one attached hydrogen (secondary N) is 1. The van der Waals surface area contributed by atoms with Crippen LogP contribution in [0.15, 0.2) is 17.0 Å². The van der Waals surface area contributed by atoms with Crippen molar-refractivity contribution in [3.05, 3.63) is 28.8 Å². The van der Waals surface area contributed by atoms with Gasteiger partial charge in [0.15, 0.2) is 0 Å². The average Bonchev–Trinajstić information content (AvgIpc) is 2.38. The molecule has 114 valence electrons. The van der Waals surface area contributed by atoms with Crippen LogP contribution in [0.5, 0.6) is 0 Å². The van der Waals surface area contributed by atoms with Gasteiger partial charge in [-0.1, -0.05) is 26.8 Å². The van der Waals surface area contributed by atoms with Gasteiger partial charge in [0.05, 0.1) is 11.5 Å². The smallest absolute Gasteiger partial charge is 0.241 e. The highest BCUT2D eigenvalue weighted by Gasteiger charge is 2.23. The Balaban J connectivity index is 3.25. The minimum atomic E-state index is -3.56. The summed E-state index contributed by atoms with van der Waals surface area (Å²) in [5.41, 5.74) is 2.22. The van der Waals surface area contributed by atoms with Crippen LogP contribution in [0.1, 0.15) is 43.9 Å². The number of hydrogen-bond acceptors (Lipinski definition) is 3. The summed E-state index contributed by atoms with van der Waals surface area (Å²) in [6.45, 7) is 9.45. The van der Waals surface area contributed by atoms with Crippen molar-refractivity contribution in [1.29, 1.82) is 0 Å². The molecule has 0 aliphatic carbocycles. The van der Waals surface area contributed by atoms with E-state index in [4.69, 9.17) is 0 Å². The first-order chi connectivity index (χ1) is 9.22. The molecular formula is C15H25NO3S. The van der Waals surface area contributed by atoms with Crippen molar-refractivity contribution >= 4 is 10.0 Å². The molecule has 5 heteroatoms. The van der Waals surface area contributed by atoms with Gasteiger partial charge in [-0.15, -0.1) is 0 Å². The Hall–Kier alpha value is -0.910. The Kier molecular flexibility index (Phi) is 5.74. The lowest BCUT2D eigenvalue weighted by Crippen LogP contribution is -2.38. The molecule has 0 amide bonds. The number of rotatable bonds is 6. The first kappa shape index (κ1) is 17.1. The quantitative estimate of drug-likeness (QED) is 0.848. The van der Waals surface area contributed by atoms with E-state index in [-0.39, 0.29) is 23.5 Å². The van der Waals surface area contributed by atoms with Crippen LogP contribution < -0.4 is 4.72 Å². The fourth-order valence-electron chi connectivity index (χ4n) is 2.22. The normalized spacial score (nSPS) is 13.8. The van der Waals surface area contributed by atoms with Crippen LogP contribution in [0.25, 0.3) is 0 Å². The van der Waals surface area contributed by atoms with Gasteiger partial charge >= 0.3 is 0 Å². The minimum Gasteiger partial charge on any atom is -0.392 e. The van der Waals surface area contributed by atoms with E-state index in [2.05, 4.69) is 4.72 Å². The molecule has 4 nitrogen and oxygen atoms in total. The summed E-state index contributed by atoms with van der Waals surface area (Å²) in [5, 5.41) is 9.24. The molecule has 0 spiro atoms. The molecule has 0 saturated carbocycles. The van der Waals surface area contributed by atoms with E-state index in [1.165, 1.54) is 0 Å². The van der Waals surface area contributed by atoms with Crippen LogP contribution in [0, 0.1) is 19.8 Å². The summed E-state index contributed by atoms with van der Waals surface area (Å²) in [6, 6.07) is 3.28. The molecule has 1 aromatic rings. The fourth-order valence-corrected chi connectivity index (χ4v) is 4.06. The number of sulfonamides is 1. The number of aliphatic hydroxyl groups is 1. The molecule has 0 fully saturated rings. The second-order valence-corrected chi connectivity index (χ2v) is 7.26. The highest BCUT2D eigenvalue weighted by molar-refractivity contribution is 7.89. The summed E-state index contributed by atoms with van der Waals surface area (Å²) in [6.07, 6.45) is 0.745. The van der Waals surface area contributed by atoms with Crippen molar-refractivity contribution in [3.63, 3.8) is 0 Å². The Morgan fingerprint density at radius 3 is 2.30 bits per heavy atom. The molecule has 0 aliphatic rings.